The Labute approximate surface area is 139 Å². The summed E-state index contributed by atoms with van der Waals surface area (Å²) < 4.78 is 4.75. The first-order valence-corrected chi connectivity index (χ1v) is 8.20. The molecule has 22 heavy (non-hydrogen) atoms. The number of rotatable bonds is 6. The van der Waals surface area contributed by atoms with E-state index in [-0.39, 0.29) is 5.91 Å². The Morgan fingerprint density at radius 1 is 1.27 bits per heavy atom. The molecule has 0 aromatic carbocycles. The SMILES string of the molecule is CCn1cc(CNC(=O)CCn2nc(C)c(Br)c2C)c(C)n1. The quantitative estimate of drug-likeness (QED) is 0.852. The minimum Gasteiger partial charge on any atom is -0.352 e. The summed E-state index contributed by atoms with van der Waals surface area (Å²) in [6, 6.07) is 0. The molecule has 0 atom stereocenters. The lowest BCUT2D eigenvalue weighted by Crippen LogP contribution is -2.24. The van der Waals surface area contributed by atoms with Crippen LogP contribution in [0, 0.1) is 20.8 Å². The molecule has 0 aliphatic heterocycles. The first-order valence-electron chi connectivity index (χ1n) is 7.41. The van der Waals surface area contributed by atoms with E-state index < -0.39 is 0 Å². The van der Waals surface area contributed by atoms with Gasteiger partial charge in [0.2, 0.25) is 5.91 Å². The predicted molar refractivity (Wildman–Crippen MR) is 88.5 cm³/mol. The molecular formula is C15H22BrN5O. The van der Waals surface area contributed by atoms with Crippen molar-refractivity contribution in [2.24, 2.45) is 0 Å². The Morgan fingerprint density at radius 2 is 2.00 bits per heavy atom. The average Bonchev–Trinajstić information content (AvgIpc) is 2.98. The van der Waals surface area contributed by atoms with Crippen LogP contribution in [-0.2, 0) is 24.4 Å². The number of nitrogens with zero attached hydrogens (tertiary/aromatic N) is 4. The smallest absolute Gasteiger partial charge is 0.222 e. The van der Waals surface area contributed by atoms with Crippen LogP contribution in [0.25, 0.3) is 0 Å². The normalized spacial score (nSPS) is 11.0. The van der Waals surface area contributed by atoms with E-state index in [0.717, 1.165) is 33.7 Å². The number of nitrogens with one attached hydrogen (secondary N) is 1. The van der Waals surface area contributed by atoms with Gasteiger partial charge < -0.3 is 5.32 Å². The van der Waals surface area contributed by atoms with Crippen LogP contribution in [0.4, 0.5) is 0 Å². The van der Waals surface area contributed by atoms with Gasteiger partial charge in [0.05, 0.1) is 22.4 Å². The molecule has 2 aromatic heterocycles. The fraction of sp³-hybridized carbons (Fsp3) is 0.533. The van der Waals surface area contributed by atoms with Gasteiger partial charge in [-0.3, -0.25) is 14.2 Å². The lowest BCUT2D eigenvalue weighted by atomic mass is 10.2. The van der Waals surface area contributed by atoms with E-state index in [4.69, 9.17) is 0 Å². The highest BCUT2D eigenvalue weighted by Gasteiger charge is 2.11. The van der Waals surface area contributed by atoms with Crippen LogP contribution in [0.5, 0.6) is 0 Å². The summed E-state index contributed by atoms with van der Waals surface area (Å²) in [5.41, 5.74) is 4.01. The monoisotopic (exact) mass is 367 g/mol. The van der Waals surface area contributed by atoms with E-state index >= 15 is 0 Å². The summed E-state index contributed by atoms with van der Waals surface area (Å²) in [6.07, 6.45) is 2.39. The number of hydrogen-bond acceptors (Lipinski definition) is 3. The summed E-state index contributed by atoms with van der Waals surface area (Å²) in [6.45, 7) is 9.87. The van der Waals surface area contributed by atoms with Crippen molar-refractivity contribution in [1.29, 1.82) is 0 Å². The van der Waals surface area contributed by atoms with Crippen molar-refractivity contribution in [3.8, 4) is 0 Å². The summed E-state index contributed by atoms with van der Waals surface area (Å²) >= 11 is 3.49. The molecular weight excluding hydrogens is 346 g/mol. The van der Waals surface area contributed by atoms with Crippen molar-refractivity contribution in [2.75, 3.05) is 0 Å². The minimum absolute atomic E-state index is 0.0207. The molecule has 1 N–H and O–H groups in total. The molecule has 0 spiro atoms. The molecule has 0 saturated heterocycles. The van der Waals surface area contributed by atoms with Gasteiger partial charge in [0, 0.05) is 37.0 Å². The Balaban J connectivity index is 1.85. The third-order valence-corrected chi connectivity index (χ3v) is 4.84. The Hall–Kier alpha value is -1.63. The van der Waals surface area contributed by atoms with Crippen molar-refractivity contribution in [2.45, 2.75) is 53.8 Å². The number of aryl methyl sites for hydroxylation is 4. The molecule has 0 bridgehead atoms. The summed E-state index contributed by atoms with van der Waals surface area (Å²) in [5, 5.41) is 11.7. The highest BCUT2D eigenvalue weighted by atomic mass is 79.9. The van der Waals surface area contributed by atoms with Gasteiger partial charge in [0.15, 0.2) is 0 Å². The molecule has 1 amide bonds. The zero-order chi connectivity index (χ0) is 16.3. The molecule has 6 nitrogen and oxygen atoms in total. The highest BCUT2D eigenvalue weighted by Crippen LogP contribution is 2.19. The fourth-order valence-corrected chi connectivity index (χ4v) is 2.56. The Kier molecular flexibility index (Phi) is 5.39. The summed E-state index contributed by atoms with van der Waals surface area (Å²) in [4.78, 5) is 12.0. The van der Waals surface area contributed by atoms with E-state index in [1.165, 1.54) is 0 Å². The molecule has 120 valence electrons. The van der Waals surface area contributed by atoms with Gasteiger partial charge in [-0.05, 0) is 43.6 Å². The molecule has 2 heterocycles. The van der Waals surface area contributed by atoms with Crippen LogP contribution in [0.15, 0.2) is 10.7 Å². The second kappa shape index (κ2) is 7.09. The van der Waals surface area contributed by atoms with Gasteiger partial charge in [0.1, 0.15) is 0 Å². The molecule has 0 fully saturated rings. The zero-order valence-corrected chi connectivity index (χ0v) is 15.1. The van der Waals surface area contributed by atoms with Crippen LogP contribution >= 0.6 is 15.9 Å². The lowest BCUT2D eigenvalue weighted by Gasteiger charge is -2.06. The fourth-order valence-electron chi connectivity index (χ4n) is 2.28. The molecule has 0 unspecified atom stereocenters. The maximum absolute atomic E-state index is 12.0. The molecule has 7 heteroatoms. The van der Waals surface area contributed by atoms with E-state index in [0.29, 0.717) is 19.5 Å². The van der Waals surface area contributed by atoms with Gasteiger partial charge >= 0.3 is 0 Å². The number of carbonyl (C=O) groups is 1. The molecule has 2 rings (SSSR count). The largest absolute Gasteiger partial charge is 0.352 e. The maximum atomic E-state index is 12.0. The molecule has 0 radical (unpaired) electrons. The predicted octanol–water partition coefficient (Wildman–Crippen LogP) is 2.49. The van der Waals surface area contributed by atoms with Crippen molar-refractivity contribution < 1.29 is 4.79 Å². The van der Waals surface area contributed by atoms with E-state index in [2.05, 4.69) is 31.4 Å². The number of halogens is 1. The number of carbonyl (C=O) groups excluding carboxylic acids is 1. The maximum Gasteiger partial charge on any atom is 0.222 e. The standard InChI is InChI=1S/C15H22BrN5O/c1-5-20-9-13(10(2)18-20)8-17-14(22)6-7-21-12(4)15(16)11(3)19-21/h9H,5-8H2,1-4H3,(H,17,22). The second-order valence-corrected chi connectivity index (χ2v) is 6.12. The Bertz CT molecular complexity index is 674. The molecule has 0 aliphatic carbocycles. The third-order valence-electron chi connectivity index (χ3n) is 3.69. The molecule has 2 aromatic rings. The first kappa shape index (κ1) is 16.7. The first-order chi connectivity index (χ1) is 10.4. The number of hydrogen-bond donors (Lipinski definition) is 1. The van der Waals surface area contributed by atoms with Crippen LogP contribution < -0.4 is 5.32 Å². The van der Waals surface area contributed by atoms with Crippen LogP contribution in [0.1, 0.15) is 36.0 Å². The Morgan fingerprint density at radius 3 is 2.55 bits per heavy atom. The summed E-state index contributed by atoms with van der Waals surface area (Å²) in [5.74, 6) is 0.0207. The van der Waals surface area contributed by atoms with E-state index in [9.17, 15) is 4.79 Å². The van der Waals surface area contributed by atoms with Gasteiger partial charge in [-0.1, -0.05) is 0 Å². The second-order valence-electron chi connectivity index (χ2n) is 5.33. The van der Waals surface area contributed by atoms with Gasteiger partial charge in [0.25, 0.3) is 0 Å². The van der Waals surface area contributed by atoms with Crippen LogP contribution in [0.3, 0.4) is 0 Å². The highest BCUT2D eigenvalue weighted by molar-refractivity contribution is 9.10. The molecule has 0 saturated carbocycles. The van der Waals surface area contributed by atoms with E-state index in [1.54, 1.807) is 0 Å². The topological polar surface area (TPSA) is 64.7 Å². The molecule has 0 aliphatic rings. The summed E-state index contributed by atoms with van der Waals surface area (Å²) in [7, 11) is 0. The van der Waals surface area contributed by atoms with Crippen molar-refractivity contribution in [3.63, 3.8) is 0 Å². The third kappa shape index (κ3) is 3.76. The number of aromatic nitrogens is 4. The van der Waals surface area contributed by atoms with Gasteiger partial charge in [-0.25, -0.2) is 0 Å². The van der Waals surface area contributed by atoms with E-state index in [1.807, 2.05) is 43.3 Å². The zero-order valence-electron chi connectivity index (χ0n) is 13.5. The van der Waals surface area contributed by atoms with Crippen molar-refractivity contribution >= 4 is 21.8 Å². The number of amides is 1. The average molecular weight is 368 g/mol. The van der Waals surface area contributed by atoms with Crippen LogP contribution in [-0.4, -0.2) is 25.5 Å². The van der Waals surface area contributed by atoms with Crippen LogP contribution in [0.2, 0.25) is 0 Å². The minimum atomic E-state index is 0.0207. The lowest BCUT2D eigenvalue weighted by molar-refractivity contribution is -0.121. The van der Waals surface area contributed by atoms with Gasteiger partial charge in [-0.2, -0.15) is 10.2 Å². The van der Waals surface area contributed by atoms with Crippen molar-refractivity contribution in [1.82, 2.24) is 24.9 Å². The van der Waals surface area contributed by atoms with Gasteiger partial charge in [-0.15, -0.1) is 0 Å². The van der Waals surface area contributed by atoms with Crippen molar-refractivity contribution in [3.05, 3.63) is 33.3 Å².